The van der Waals surface area contributed by atoms with Crippen LogP contribution >= 0.6 is 0 Å². The number of likely N-dealkylation sites (N-methyl/N-ethyl adjacent to an activating group) is 1. The first-order valence-electron chi connectivity index (χ1n) is 12.3. The fourth-order valence-corrected chi connectivity index (χ4v) is 4.01. The van der Waals surface area contributed by atoms with Crippen LogP contribution in [-0.2, 0) is 9.53 Å². The molecule has 0 atom stereocenters. The van der Waals surface area contributed by atoms with E-state index in [-0.39, 0.29) is 23.0 Å². The molecule has 174 valence electrons. The number of quaternary nitrogens is 1. The first-order chi connectivity index (χ1) is 13.6. The van der Waals surface area contributed by atoms with E-state index in [9.17, 15) is 4.79 Å². The van der Waals surface area contributed by atoms with Gasteiger partial charge in [0.05, 0.1) is 19.6 Å². The molecule has 0 radical (unpaired) electrons. The summed E-state index contributed by atoms with van der Waals surface area (Å²) in [4.78, 5) is 11.2. The summed E-state index contributed by atoms with van der Waals surface area (Å²) in [5.41, 5.74) is 0. The highest BCUT2D eigenvalue weighted by molar-refractivity contribution is 5.81. The van der Waals surface area contributed by atoms with Crippen LogP contribution in [0.15, 0.2) is 12.7 Å². The predicted octanol–water partition coefficient (Wildman–Crippen LogP) is 4.06. The fraction of sp³-hybridized carbons (Fsp3) is 0.880. The Labute approximate surface area is 193 Å². The normalized spacial score (nSPS) is 11.1. The quantitative estimate of drug-likeness (QED) is 0.108. The SMILES string of the molecule is C=CC(=O)OCC[N+](CC)(CC)CCCCCCCCCCCCCCCC.[Br-]. The molecular weight excluding hydrogens is 426 g/mol. The molecule has 0 aliphatic carbocycles. The lowest BCUT2D eigenvalue weighted by Crippen LogP contribution is -3.00. The third-order valence-electron chi connectivity index (χ3n) is 6.30. The van der Waals surface area contributed by atoms with Gasteiger partial charge in [-0.05, 0) is 26.7 Å². The van der Waals surface area contributed by atoms with Gasteiger partial charge in [0, 0.05) is 6.08 Å². The molecule has 0 bridgehead atoms. The van der Waals surface area contributed by atoms with Gasteiger partial charge in [-0.2, -0.15) is 0 Å². The Morgan fingerprint density at radius 3 is 1.52 bits per heavy atom. The van der Waals surface area contributed by atoms with Gasteiger partial charge in [0.1, 0.15) is 13.2 Å². The lowest BCUT2D eigenvalue weighted by atomic mass is 10.0. The van der Waals surface area contributed by atoms with Crippen molar-refractivity contribution in [1.82, 2.24) is 0 Å². The first-order valence-corrected chi connectivity index (χ1v) is 12.3. The molecule has 0 aromatic carbocycles. The minimum absolute atomic E-state index is 0. The van der Waals surface area contributed by atoms with Crippen molar-refractivity contribution < 1.29 is 31.0 Å². The molecule has 0 heterocycles. The second-order valence-electron chi connectivity index (χ2n) is 8.39. The second kappa shape index (κ2) is 22.3. The van der Waals surface area contributed by atoms with Crippen LogP contribution in [0.3, 0.4) is 0 Å². The minimum Gasteiger partial charge on any atom is -1.00 e. The van der Waals surface area contributed by atoms with Crippen molar-refractivity contribution >= 4 is 5.97 Å². The third kappa shape index (κ3) is 18.2. The number of nitrogens with zero attached hydrogens (tertiary/aromatic N) is 1. The fourth-order valence-electron chi connectivity index (χ4n) is 4.01. The van der Waals surface area contributed by atoms with Gasteiger partial charge in [0.15, 0.2) is 0 Å². The molecule has 0 aliphatic rings. The van der Waals surface area contributed by atoms with E-state index in [1.54, 1.807) is 0 Å². The maximum atomic E-state index is 11.2. The van der Waals surface area contributed by atoms with Crippen LogP contribution in [-0.4, -0.2) is 43.2 Å². The standard InChI is InChI=1S/C25H50NO2.BrH/c1-5-9-10-11-12-13-14-15-16-17-18-19-20-21-22-26(7-3,8-4)23-24-28-25(27)6-2;/h6H,2,5,7-24H2,1,3-4H3;1H/q+1;/p-1. The summed E-state index contributed by atoms with van der Waals surface area (Å²) in [5.74, 6) is -0.304. The van der Waals surface area contributed by atoms with E-state index in [0.29, 0.717) is 6.61 Å². The molecule has 0 fully saturated rings. The summed E-state index contributed by atoms with van der Waals surface area (Å²) in [5, 5.41) is 0. The summed E-state index contributed by atoms with van der Waals surface area (Å²) in [7, 11) is 0. The first kappa shape index (κ1) is 30.8. The summed E-state index contributed by atoms with van der Waals surface area (Å²) >= 11 is 0. The van der Waals surface area contributed by atoms with Crippen LogP contribution in [0, 0.1) is 0 Å². The Bertz CT molecular complexity index is 370. The monoisotopic (exact) mass is 475 g/mol. The zero-order valence-corrected chi connectivity index (χ0v) is 21.4. The molecule has 0 saturated carbocycles. The Kier molecular flexibility index (Phi) is 23.8. The number of carbonyl (C=O) groups excluding carboxylic acids is 1. The summed E-state index contributed by atoms with van der Waals surface area (Å²) in [6.45, 7) is 15.1. The van der Waals surface area contributed by atoms with Gasteiger partial charge in [-0.15, -0.1) is 0 Å². The van der Waals surface area contributed by atoms with Gasteiger partial charge in [0.2, 0.25) is 0 Å². The lowest BCUT2D eigenvalue weighted by Gasteiger charge is -2.36. The maximum absolute atomic E-state index is 11.2. The second-order valence-corrected chi connectivity index (χ2v) is 8.39. The molecule has 0 amide bonds. The zero-order valence-electron chi connectivity index (χ0n) is 19.9. The van der Waals surface area contributed by atoms with Crippen LogP contribution in [0.2, 0.25) is 0 Å². The van der Waals surface area contributed by atoms with Gasteiger partial charge < -0.3 is 26.2 Å². The Morgan fingerprint density at radius 1 is 0.724 bits per heavy atom. The number of ether oxygens (including phenoxy) is 1. The summed E-state index contributed by atoms with van der Waals surface area (Å²) in [6, 6.07) is 0. The van der Waals surface area contributed by atoms with Crippen LogP contribution in [0.4, 0.5) is 0 Å². The Balaban J connectivity index is 0. The van der Waals surface area contributed by atoms with Gasteiger partial charge in [-0.3, -0.25) is 0 Å². The molecule has 0 rings (SSSR count). The molecule has 0 aromatic heterocycles. The molecule has 0 N–H and O–H groups in total. The average molecular weight is 477 g/mol. The average Bonchev–Trinajstić information content (AvgIpc) is 2.72. The Hall–Kier alpha value is -0.350. The number of hydrogen-bond donors (Lipinski definition) is 0. The largest absolute Gasteiger partial charge is 1.00 e. The highest BCUT2D eigenvalue weighted by atomic mass is 79.9. The van der Waals surface area contributed by atoms with E-state index < -0.39 is 0 Å². The van der Waals surface area contributed by atoms with Crippen molar-refractivity contribution in [2.45, 2.75) is 111 Å². The van der Waals surface area contributed by atoms with E-state index in [2.05, 4.69) is 27.4 Å². The number of esters is 1. The summed E-state index contributed by atoms with van der Waals surface area (Å²) < 4.78 is 6.26. The predicted molar refractivity (Wildman–Crippen MR) is 123 cm³/mol. The van der Waals surface area contributed by atoms with Gasteiger partial charge in [-0.25, -0.2) is 4.79 Å². The Morgan fingerprint density at radius 2 is 1.14 bits per heavy atom. The smallest absolute Gasteiger partial charge is 0.330 e. The molecule has 4 heteroatoms. The molecule has 3 nitrogen and oxygen atoms in total. The van der Waals surface area contributed by atoms with E-state index in [4.69, 9.17) is 4.74 Å². The number of rotatable bonds is 21. The summed E-state index contributed by atoms with van der Waals surface area (Å²) in [6.07, 6.45) is 20.9. The molecule has 29 heavy (non-hydrogen) atoms. The molecule has 0 unspecified atom stereocenters. The molecule has 0 saturated heterocycles. The van der Waals surface area contributed by atoms with E-state index in [1.807, 2.05) is 0 Å². The number of unbranched alkanes of at least 4 members (excludes halogenated alkanes) is 13. The molecular formula is C25H50BrNO2. The molecule has 0 aromatic rings. The van der Waals surface area contributed by atoms with Crippen molar-refractivity contribution in [3.05, 3.63) is 12.7 Å². The van der Waals surface area contributed by atoms with Crippen molar-refractivity contribution in [3.8, 4) is 0 Å². The van der Waals surface area contributed by atoms with Crippen LogP contribution in [0.1, 0.15) is 111 Å². The maximum Gasteiger partial charge on any atom is 0.330 e. The third-order valence-corrected chi connectivity index (χ3v) is 6.30. The zero-order chi connectivity index (χ0) is 20.9. The van der Waals surface area contributed by atoms with Crippen molar-refractivity contribution in [2.24, 2.45) is 0 Å². The van der Waals surface area contributed by atoms with Crippen molar-refractivity contribution in [3.63, 3.8) is 0 Å². The van der Waals surface area contributed by atoms with Gasteiger partial charge in [0.25, 0.3) is 0 Å². The minimum atomic E-state index is -0.304. The highest BCUT2D eigenvalue weighted by Gasteiger charge is 2.22. The number of hydrogen-bond acceptors (Lipinski definition) is 2. The van der Waals surface area contributed by atoms with Crippen molar-refractivity contribution in [2.75, 3.05) is 32.8 Å². The molecule has 0 aliphatic heterocycles. The van der Waals surface area contributed by atoms with Crippen LogP contribution < -0.4 is 17.0 Å². The van der Waals surface area contributed by atoms with E-state index in [0.717, 1.165) is 24.1 Å². The lowest BCUT2D eigenvalue weighted by molar-refractivity contribution is -0.925. The van der Waals surface area contributed by atoms with E-state index in [1.165, 1.54) is 103 Å². The number of carbonyl (C=O) groups is 1. The highest BCUT2D eigenvalue weighted by Crippen LogP contribution is 2.14. The van der Waals surface area contributed by atoms with Crippen LogP contribution in [0.25, 0.3) is 0 Å². The van der Waals surface area contributed by atoms with Gasteiger partial charge >= 0.3 is 5.97 Å². The van der Waals surface area contributed by atoms with Crippen molar-refractivity contribution in [1.29, 1.82) is 0 Å². The number of halogens is 1. The van der Waals surface area contributed by atoms with Gasteiger partial charge in [-0.1, -0.05) is 90.6 Å². The molecule has 0 spiro atoms. The topological polar surface area (TPSA) is 26.3 Å². The van der Waals surface area contributed by atoms with E-state index >= 15 is 0 Å². The van der Waals surface area contributed by atoms with Crippen LogP contribution in [0.5, 0.6) is 0 Å².